The zero-order chi connectivity index (χ0) is 15.2. The van der Waals surface area contributed by atoms with E-state index in [9.17, 15) is 4.39 Å². The first-order valence-corrected chi connectivity index (χ1v) is 7.09. The van der Waals surface area contributed by atoms with Crippen LogP contribution in [0.5, 0.6) is 5.75 Å². The van der Waals surface area contributed by atoms with Crippen molar-refractivity contribution in [3.63, 3.8) is 0 Å². The summed E-state index contributed by atoms with van der Waals surface area (Å²) in [6.45, 7) is 3.13. The number of ether oxygens (including phenoxy) is 1. The third-order valence-electron chi connectivity index (χ3n) is 3.28. The SMILES string of the molecule is CCCOc1cccc(N(C)Cc2ccccc2F)c1N. The maximum absolute atomic E-state index is 13.7. The van der Waals surface area contributed by atoms with Gasteiger partial charge in [-0.1, -0.05) is 31.2 Å². The highest BCUT2D eigenvalue weighted by atomic mass is 19.1. The molecule has 0 saturated carbocycles. The van der Waals surface area contributed by atoms with E-state index >= 15 is 0 Å². The Morgan fingerprint density at radius 3 is 2.62 bits per heavy atom. The molecule has 0 aliphatic rings. The molecule has 2 N–H and O–H groups in total. The van der Waals surface area contributed by atoms with Crippen molar-refractivity contribution in [2.45, 2.75) is 19.9 Å². The second-order valence-electron chi connectivity index (χ2n) is 4.98. The molecular formula is C17H21FN2O. The Morgan fingerprint density at radius 2 is 1.90 bits per heavy atom. The number of benzene rings is 2. The van der Waals surface area contributed by atoms with Crippen LogP contribution in [0, 0.1) is 5.82 Å². The van der Waals surface area contributed by atoms with E-state index in [1.165, 1.54) is 6.07 Å². The Hall–Kier alpha value is -2.23. The Labute approximate surface area is 125 Å². The molecule has 0 aliphatic heterocycles. The molecule has 0 amide bonds. The third kappa shape index (κ3) is 3.66. The first-order valence-electron chi connectivity index (χ1n) is 7.09. The summed E-state index contributed by atoms with van der Waals surface area (Å²) in [5.41, 5.74) is 8.22. The maximum Gasteiger partial charge on any atom is 0.144 e. The van der Waals surface area contributed by atoms with Crippen LogP contribution in [0.1, 0.15) is 18.9 Å². The molecule has 112 valence electrons. The van der Waals surface area contributed by atoms with Crippen LogP contribution < -0.4 is 15.4 Å². The zero-order valence-electron chi connectivity index (χ0n) is 12.5. The summed E-state index contributed by atoms with van der Waals surface area (Å²) in [6, 6.07) is 12.4. The molecule has 2 aromatic carbocycles. The molecule has 21 heavy (non-hydrogen) atoms. The van der Waals surface area contributed by atoms with Crippen molar-refractivity contribution in [2.24, 2.45) is 0 Å². The average molecular weight is 288 g/mol. The number of para-hydroxylation sites is 1. The number of hydrogen-bond donors (Lipinski definition) is 1. The summed E-state index contributed by atoms with van der Waals surface area (Å²) >= 11 is 0. The van der Waals surface area contributed by atoms with E-state index in [4.69, 9.17) is 10.5 Å². The van der Waals surface area contributed by atoms with Crippen LogP contribution in [0.15, 0.2) is 42.5 Å². The number of hydrogen-bond acceptors (Lipinski definition) is 3. The van der Waals surface area contributed by atoms with Gasteiger partial charge in [-0.05, 0) is 24.6 Å². The molecule has 0 saturated heterocycles. The lowest BCUT2D eigenvalue weighted by atomic mass is 10.1. The summed E-state index contributed by atoms with van der Waals surface area (Å²) < 4.78 is 19.4. The molecule has 4 heteroatoms. The van der Waals surface area contributed by atoms with Crippen molar-refractivity contribution in [1.29, 1.82) is 0 Å². The van der Waals surface area contributed by atoms with Crippen molar-refractivity contribution in [2.75, 3.05) is 24.3 Å². The van der Waals surface area contributed by atoms with Crippen molar-refractivity contribution in [3.05, 3.63) is 53.8 Å². The number of nitrogens with zero attached hydrogens (tertiary/aromatic N) is 1. The molecule has 0 spiro atoms. The van der Waals surface area contributed by atoms with Crippen molar-refractivity contribution >= 4 is 11.4 Å². The number of anilines is 2. The van der Waals surface area contributed by atoms with Crippen LogP contribution in [0.3, 0.4) is 0 Å². The zero-order valence-corrected chi connectivity index (χ0v) is 12.5. The lowest BCUT2D eigenvalue weighted by molar-refractivity contribution is 0.319. The molecule has 0 atom stereocenters. The van der Waals surface area contributed by atoms with Crippen molar-refractivity contribution in [1.82, 2.24) is 0 Å². The second kappa shape index (κ2) is 6.97. The van der Waals surface area contributed by atoms with Gasteiger partial charge in [0.15, 0.2) is 0 Å². The van der Waals surface area contributed by atoms with E-state index in [0.29, 0.717) is 30.2 Å². The van der Waals surface area contributed by atoms with Crippen LogP contribution in [0.4, 0.5) is 15.8 Å². The van der Waals surface area contributed by atoms with Gasteiger partial charge < -0.3 is 15.4 Å². The highest BCUT2D eigenvalue weighted by molar-refractivity contribution is 5.73. The Balaban J connectivity index is 2.19. The molecule has 0 radical (unpaired) electrons. The van der Waals surface area contributed by atoms with Gasteiger partial charge in [0.05, 0.1) is 18.0 Å². The van der Waals surface area contributed by atoms with E-state index in [1.807, 2.05) is 43.1 Å². The smallest absolute Gasteiger partial charge is 0.144 e. The van der Waals surface area contributed by atoms with Crippen LogP contribution in [-0.2, 0) is 6.54 Å². The average Bonchev–Trinajstić information content (AvgIpc) is 2.48. The lowest BCUT2D eigenvalue weighted by Gasteiger charge is -2.22. The number of nitrogens with two attached hydrogens (primary N) is 1. The predicted octanol–water partition coefficient (Wildman–Crippen LogP) is 3.83. The normalized spacial score (nSPS) is 10.4. The van der Waals surface area contributed by atoms with E-state index in [1.54, 1.807) is 12.1 Å². The minimum absolute atomic E-state index is 0.207. The summed E-state index contributed by atoms with van der Waals surface area (Å²) in [7, 11) is 1.89. The lowest BCUT2D eigenvalue weighted by Crippen LogP contribution is -2.19. The van der Waals surface area contributed by atoms with Crippen molar-refractivity contribution in [3.8, 4) is 5.75 Å². The third-order valence-corrected chi connectivity index (χ3v) is 3.28. The number of rotatable bonds is 6. The molecule has 0 heterocycles. The Morgan fingerprint density at radius 1 is 1.14 bits per heavy atom. The fraction of sp³-hybridized carbons (Fsp3) is 0.294. The highest BCUT2D eigenvalue weighted by Crippen LogP contribution is 2.32. The first kappa shape index (κ1) is 15.2. The fourth-order valence-electron chi connectivity index (χ4n) is 2.17. The van der Waals surface area contributed by atoms with Gasteiger partial charge >= 0.3 is 0 Å². The quantitative estimate of drug-likeness (QED) is 0.821. The summed E-state index contributed by atoms with van der Waals surface area (Å²) in [6.07, 6.45) is 0.925. The predicted molar refractivity (Wildman–Crippen MR) is 85.1 cm³/mol. The summed E-state index contributed by atoms with van der Waals surface area (Å²) in [5, 5.41) is 0. The van der Waals surface area contributed by atoms with E-state index in [2.05, 4.69) is 0 Å². The summed E-state index contributed by atoms with van der Waals surface area (Å²) in [5.74, 6) is 0.469. The van der Waals surface area contributed by atoms with Gasteiger partial charge in [-0.25, -0.2) is 4.39 Å². The van der Waals surface area contributed by atoms with Gasteiger partial charge in [-0.15, -0.1) is 0 Å². The highest BCUT2D eigenvalue weighted by Gasteiger charge is 2.12. The topological polar surface area (TPSA) is 38.5 Å². The number of nitrogen functional groups attached to an aromatic ring is 1. The van der Waals surface area contributed by atoms with Crippen molar-refractivity contribution < 1.29 is 9.13 Å². The van der Waals surface area contributed by atoms with Gasteiger partial charge in [0, 0.05) is 19.2 Å². The van der Waals surface area contributed by atoms with Gasteiger partial charge in [-0.3, -0.25) is 0 Å². The van der Waals surface area contributed by atoms with Crippen LogP contribution >= 0.6 is 0 Å². The standard InChI is InChI=1S/C17H21FN2O/c1-3-11-21-16-10-6-9-15(17(16)19)20(2)12-13-7-4-5-8-14(13)18/h4-10H,3,11-12,19H2,1-2H3. The van der Waals surface area contributed by atoms with Gasteiger partial charge in [-0.2, -0.15) is 0 Å². The van der Waals surface area contributed by atoms with Gasteiger partial charge in [0.25, 0.3) is 0 Å². The largest absolute Gasteiger partial charge is 0.491 e. The molecule has 0 bridgehead atoms. The summed E-state index contributed by atoms with van der Waals surface area (Å²) in [4.78, 5) is 1.92. The monoisotopic (exact) mass is 288 g/mol. The number of halogens is 1. The minimum Gasteiger partial charge on any atom is -0.491 e. The van der Waals surface area contributed by atoms with E-state index in [0.717, 1.165) is 12.1 Å². The molecule has 0 unspecified atom stereocenters. The molecule has 0 aliphatic carbocycles. The molecule has 3 nitrogen and oxygen atoms in total. The molecular weight excluding hydrogens is 267 g/mol. The van der Waals surface area contributed by atoms with Gasteiger partial charge in [0.1, 0.15) is 11.6 Å². The maximum atomic E-state index is 13.7. The molecule has 0 aromatic heterocycles. The molecule has 2 rings (SSSR count). The van der Waals surface area contributed by atoms with E-state index < -0.39 is 0 Å². The van der Waals surface area contributed by atoms with E-state index in [-0.39, 0.29) is 5.82 Å². The second-order valence-corrected chi connectivity index (χ2v) is 4.98. The van der Waals surface area contributed by atoms with Gasteiger partial charge in [0.2, 0.25) is 0 Å². The van der Waals surface area contributed by atoms with Crippen LogP contribution in [0.25, 0.3) is 0 Å². The fourth-order valence-corrected chi connectivity index (χ4v) is 2.17. The Bertz CT molecular complexity index is 601. The molecule has 2 aromatic rings. The minimum atomic E-state index is -0.207. The Kier molecular flexibility index (Phi) is 5.04. The first-order chi connectivity index (χ1) is 10.1. The molecule has 0 fully saturated rings. The van der Waals surface area contributed by atoms with Crippen LogP contribution in [0.2, 0.25) is 0 Å². The van der Waals surface area contributed by atoms with Crippen LogP contribution in [-0.4, -0.2) is 13.7 Å².